The lowest BCUT2D eigenvalue weighted by Crippen LogP contribution is -1.87. The van der Waals surface area contributed by atoms with E-state index in [0.717, 1.165) is 16.0 Å². The van der Waals surface area contributed by atoms with Crippen molar-refractivity contribution in [3.05, 3.63) is 59.0 Å². The minimum atomic E-state index is 0.744. The molecule has 0 aliphatic carbocycles. The summed E-state index contributed by atoms with van der Waals surface area (Å²) in [5.74, 6) is 0. The molecule has 1 aliphatic heterocycles. The first kappa shape index (κ1) is 10.2. The third kappa shape index (κ3) is 1.65. The molecule has 0 bridgehead atoms. The van der Waals surface area contributed by atoms with Crippen molar-refractivity contribution in [3.8, 4) is 17.2 Å². The SMILES string of the molecule is N#Cc1cccc2c1SC=Cc1ccccc1-2. The van der Waals surface area contributed by atoms with E-state index in [1.54, 1.807) is 11.8 Å². The standard InChI is InChI=1S/C15H9NS/c16-10-12-5-3-7-14-13-6-2-1-4-11(13)8-9-17-15(12)14/h1-9H. The van der Waals surface area contributed by atoms with Crippen molar-refractivity contribution in [1.82, 2.24) is 0 Å². The fourth-order valence-electron chi connectivity index (χ4n) is 2.03. The molecule has 0 atom stereocenters. The van der Waals surface area contributed by atoms with Gasteiger partial charge in [-0.3, -0.25) is 0 Å². The Balaban J connectivity index is 2.35. The number of rotatable bonds is 0. The zero-order valence-corrected chi connectivity index (χ0v) is 9.87. The number of benzene rings is 2. The third-order valence-corrected chi connectivity index (χ3v) is 3.77. The van der Waals surface area contributed by atoms with Gasteiger partial charge in [0.2, 0.25) is 0 Å². The molecule has 0 amide bonds. The van der Waals surface area contributed by atoms with Gasteiger partial charge in [-0.1, -0.05) is 48.2 Å². The first-order valence-electron chi connectivity index (χ1n) is 5.36. The molecule has 1 nitrogen and oxygen atoms in total. The van der Waals surface area contributed by atoms with Crippen LogP contribution in [0.2, 0.25) is 0 Å². The lowest BCUT2D eigenvalue weighted by Gasteiger charge is -2.09. The molecule has 1 heterocycles. The van der Waals surface area contributed by atoms with Gasteiger partial charge in [-0.15, -0.1) is 0 Å². The number of hydrogen-bond donors (Lipinski definition) is 0. The van der Waals surface area contributed by atoms with Crippen molar-refractivity contribution in [2.24, 2.45) is 0 Å². The Hall–Kier alpha value is -1.98. The van der Waals surface area contributed by atoms with Crippen molar-refractivity contribution in [1.29, 1.82) is 5.26 Å². The molecule has 17 heavy (non-hydrogen) atoms. The van der Waals surface area contributed by atoms with E-state index in [4.69, 9.17) is 5.26 Å². The van der Waals surface area contributed by atoms with E-state index in [2.05, 4.69) is 30.3 Å². The van der Waals surface area contributed by atoms with E-state index in [-0.39, 0.29) is 0 Å². The van der Waals surface area contributed by atoms with Crippen LogP contribution in [-0.2, 0) is 0 Å². The van der Waals surface area contributed by atoms with Crippen LogP contribution >= 0.6 is 11.8 Å². The molecular formula is C15H9NS. The van der Waals surface area contributed by atoms with E-state index in [0.29, 0.717) is 0 Å². The van der Waals surface area contributed by atoms with Gasteiger partial charge in [0.25, 0.3) is 0 Å². The van der Waals surface area contributed by atoms with Crippen molar-refractivity contribution in [2.45, 2.75) is 4.90 Å². The molecule has 0 unspecified atom stereocenters. The maximum Gasteiger partial charge on any atom is 0.100 e. The zero-order chi connectivity index (χ0) is 11.7. The summed E-state index contributed by atoms with van der Waals surface area (Å²) in [7, 11) is 0. The molecule has 0 spiro atoms. The Labute approximate surface area is 104 Å². The van der Waals surface area contributed by atoms with E-state index >= 15 is 0 Å². The highest BCUT2D eigenvalue weighted by Gasteiger charge is 2.13. The summed E-state index contributed by atoms with van der Waals surface area (Å²) in [4.78, 5) is 1.05. The van der Waals surface area contributed by atoms with Crippen molar-refractivity contribution in [2.75, 3.05) is 0 Å². The van der Waals surface area contributed by atoms with Crippen LogP contribution in [0.15, 0.2) is 52.8 Å². The highest BCUT2D eigenvalue weighted by molar-refractivity contribution is 8.02. The summed E-state index contributed by atoms with van der Waals surface area (Å²) in [6.07, 6.45) is 2.10. The smallest absolute Gasteiger partial charge is 0.100 e. The molecule has 2 aromatic rings. The van der Waals surface area contributed by atoms with Crippen LogP contribution in [0.5, 0.6) is 0 Å². The van der Waals surface area contributed by atoms with Crippen molar-refractivity contribution >= 4 is 17.8 Å². The Morgan fingerprint density at radius 1 is 0.941 bits per heavy atom. The van der Waals surface area contributed by atoms with Crippen LogP contribution in [0.4, 0.5) is 0 Å². The van der Waals surface area contributed by atoms with Gasteiger partial charge in [-0.25, -0.2) is 0 Å². The number of fused-ring (bicyclic) bond motifs is 3. The molecular weight excluding hydrogens is 226 g/mol. The topological polar surface area (TPSA) is 23.8 Å². The third-order valence-electron chi connectivity index (χ3n) is 2.82. The quantitative estimate of drug-likeness (QED) is 0.679. The molecule has 80 valence electrons. The molecule has 0 N–H and O–H groups in total. The fraction of sp³-hybridized carbons (Fsp3) is 0. The molecule has 2 aromatic carbocycles. The summed E-state index contributed by atoms with van der Waals surface area (Å²) in [5, 5.41) is 11.2. The summed E-state index contributed by atoms with van der Waals surface area (Å²) in [5.41, 5.74) is 4.29. The van der Waals surface area contributed by atoms with Gasteiger partial charge < -0.3 is 0 Å². The van der Waals surface area contributed by atoms with Crippen LogP contribution in [-0.4, -0.2) is 0 Å². The van der Waals surface area contributed by atoms with E-state index < -0.39 is 0 Å². The minimum Gasteiger partial charge on any atom is -0.192 e. The summed E-state index contributed by atoms with van der Waals surface area (Å²) >= 11 is 1.61. The summed E-state index contributed by atoms with van der Waals surface area (Å²) in [6, 6.07) is 16.4. The molecule has 0 saturated heterocycles. The van der Waals surface area contributed by atoms with Crippen LogP contribution in [0.3, 0.4) is 0 Å². The molecule has 3 rings (SSSR count). The van der Waals surface area contributed by atoms with Crippen molar-refractivity contribution in [3.63, 3.8) is 0 Å². The zero-order valence-electron chi connectivity index (χ0n) is 9.05. The summed E-state index contributed by atoms with van der Waals surface area (Å²) in [6.45, 7) is 0. The van der Waals surface area contributed by atoms with E-state index in [1.165, 1.54) is 11.1 Å². The lowest BCUT2D eigenvalue weighted by molar-refractivity contribution is 1.37. The van der Waals surface area contributed by atoms with E-state index in [1.807, 2.05) is 29.7 Å². The predicted octanol–water partition coefficient (Wildman–Crippen LogP) is 4.30. The number of thioether (sulfide) groups is 1. The summed E-state index contributed by atoms with van der Waals surface area (Å²) < 4.78 is 0. The molecule has 0 aromatic heterocycles. The van der Waals surface area contributed by atoms with E-state index in [9.17, 15) is 0 Å². The first-order chi connectivity index (χ1) is 8.40. The second-order valence-electron chi connectivity index (χ2n) is 3.80. The molecule has 0 fully saturated rings. The molecule has 2 heteroatoms. The largest absolute Gasteiger partial charge is 0.192 e. The number of hydrogen-bond acceptors (Lipinski definition) is 2. The molecule has 1 aliphatic rings. The average Bonchev–Trinajstić information content (AvgIpc) is 2.58. The molecule has 0 radical (unpaired) electrons. The Morgan fingerprint density at radius 3 is 2.65 bits per heavy atom. The fourth-order valence-corrected chi connectivity index (χ4v) is 2.92. The first-order valence-corrected chi connectivity index (χ1v) is 6.24. The average molecular weight is 235 g/mol. The van der Waals surface area contributed by atoms with Gasteiger partial charge in [0.15, 0.2) is 0 Å². The van der Waals surface area contributed by atoms with Gasteiger partial charge in [-0.2, -0.15) is 5.26 Å². The van der Waals surface area contributed by atoms with Crippen LogP contribution in [0.25, 0.3) is 17.2 Å². The Morgan fingerprint density at radius 2 is 1.76 bits per heavy atom. The maximum atomic E-state index is 9.15. The number of nitrogens with zero attached hydrogens (tertiary/aromatic N) is 1. The highest BCUT2D eigenvalue weighted by atomic mass is 32.2. The Kier molecular flexibility index (Phi) is 2.47. The van der Waals surface area contributed by atoms with Crippen LogP contribution < -0.4 is 0 Å². The lowest BCUT2D eigenvalue weighted by atomic mass is 9.98. The second kappa shape index (κ2) is 4.12. The van der Waals surface area contributed by atoms with Gasteiger partial charge >= 0.3 is 0 Å². The molecule has 0 saturated carbocycles. The maximum absolute atomic E-state index is 9.15. The second-order valence-corrected chi connectivity index (χ2v) is 4.72. The predicted molar refractivity (Wildman–Crippen MR) is 71.5 cm³/mol. The van der Waals surface area contributed by atoms with Gasteiger partial charge in [0.1, 0.15) is 6.07 Å². The highest BCUT2D eigenvalue weighted by Crippen LogP contribution is 2.39. The normalized spacial score (nSPS) is 12.2. The number of nitriles is 1. The van der Waals surface area contributed by atoms with Crippen LogP contribution in [0.1, 0.15) is 11.1 Å². The monoisotopic (exact) mass is 235 g/mol. The van der Waals surface area contributed by atoms with Crippen molar-refractivity contribution < 1.29 is 0 Å². The minimum absolute atomic E-state index is 0.744. The Bertz CT molecular complexity index is 650. The van der Waals surface area contributed by atoms with Crippen LogP contribution in [0, 0.1) is 11.3 Å². The van der Waals surface area contributed by atoms with Gasteiger partial charge in [-0.05, 0) is 34.2 Å². The van der Waals surface area contributed by atoms with Gasteiger partial charge in [0, 0.05) is 4.90 Å². The van der Waals surface area contributed by atoms with Gasteiger partial charge in [0.05, 0.1) is 5.56 Å².